The van der Waals surface area contributed by atoms with Gasteiger partial charge in [0.15, 0.2) is 5.82 Å². The summed E-state index contributed by atoms with van der Waals surface area (Å²) in [5.74, 6) is 1.68. The molecule has 0 N–H and O–H groups in total. The highest BCUT2D eigenvalue weighted by Gasteiger charge is 2.30. The molecule has 1 fully saturated rings. The number of aromatic nitrogens is 4. The molecule has 5 rings (SSSR count). The van der Waals surface area contributed by atoms with Crippen LogP contribution < -0.4 is 4.90 Å². The number of benzene rings is 2. The Morgan fingerprint density at radius 2 is 1.68 bits per heavy atom. The van der Waals surface area contributed by atoms with Gasteiger partial charge in [-0.15, -0.1) is 5.10 Å². The third-order valence-electron chi connectivity index (χ3n) is 5.88. The standard InChI is InChI=1S/C24H26N6O/c1-19-9-11-20(12-10-19)23(24-25-26-27-30(24)18-22-8-5-17-31-22)29-15-13-28(14-16-29)21-6-3-2-4-7-21/h2-12,17,23H,13-16,18H2,1H3. The van der Waals surface area contributed by atoms with Crippen LogP contribution in [0.1, 0.15) is 28.8 Å². The second kappa shape index (κ2) is 8.73. The number of hydrogen-bond donors (Lipinski definition) is 0. The van der Waals surface area contributed by atoms with Crippen molar-refractivity contribution >= 4 is 5.69 Å². The molecule has 1 aliphatic heterocycles. The summed E-state index contributed by atoms with van der Waals surface area (Å²) in [5.41, 5.74) is 3.72. The lowest BCUT2D eigenvalue weighted by atomic mass is 10.0. The molecule has 158 valence electrons. The van der Waals surface area contributed by atoms with Gasteiger partial charge in [-0.1, -0.05) is 48.0 Å². The predicted octanol–water partition coefficient (Wildman–Crippen LogP) is 3.53. The SMILES string of the molecule is Cc1ccc(C(c2nnnn2Cc2ccco2)N2CCN(c3ccccc3)CC2)cc1. The number of hydrogen-bond acceptors (Lipinski definition) is 6. The summed E-state index contributed by atoms with van der Waals surface area (Å²) in [7, 11) is 0. The van der Waals surface area contributed by atoms with E-state index in [9.17, 15) is 0 Å². The molecule has 4 aromatic rings. The van der Waals surface area contributed by atoms with Crippen molar-refractivity contribution in [1.82, 2.24) is 25.1 Å². The Kier molecular flexibility index (Phi) is 5.50. The monoisotopic (exact) mass is 414 g/mol. The van der Waals surface area contributed by atoms with Gasteiger partial charge in [0, 0.05) is 31.9 Å². The first-order valence-corrected chi connectivity index (χ1v) is 10.7. The first kappa shape index (κ1) is 19.5. The fourth-order valence-electron chi connectivity index (χ4n) is 4.22. The van der Waals surface area contributed by atoms with Crippen LogP contribution in [0.15, 0.2) is 77.4 Å². The summed E-state index contributed by atoms with van der Waals surface area (Å²) in [6.07, 6.45) is 1.68. The van der Waals surface area contributed by atoms with Gasteiger partial charge in [-0.3, -0.25) is 4.90 Å². The largest absolute Gasteiger partial charge is 0.467 e. The van der Waals surface area contributed by atoms with Crippen LogP contribution in [-0.2, 0) is 6.54 Å². The van der Waals surface area contributed by atoms with E-state index in [1.165, 1.54) is 16.8 Å². The van der Waals surface area contributed by atoms with Crippen LogP contribution in [0.2, 0.25) is 0 Å². The molecule has 0 spiro atoms. The number of para-hydroxylation sites is 1. The van der Waals surface area contributed by atoms with Gasteiger partial charge in [0.25, 0.3) is 0 Å². The molecule has 0 saturated carbocycles. The van der Waals surface area contributed by atoms with Crippen molar-refractivity contribution in [1.29, 1.82) is 0 Å². The third kappa shape index (κ3) is 4.22. The molecule has 3 heterocycles. The molecule has 7 heteroatoms. The molecule has 1 saturated heterocycles. The first-order chi connectivity index (χ1) is 15.3. The van der Waals surface area contributed by atoms with Gasteiger partial charge in [-0.2, -0.15) is 0 Å². The van der Waals surface area contributed by atoms with Gasteiger partial charge in [0.05, 0.1) is 12.3 Å². The Morgan fingerprint density at radius 1 is 0.903 bits per heavy atom. The van der Waals surface area contributed by atoms with Crippen LogP contribution in [0.4, 0.5) is 5.69 Å². The highest BCUT2D eigenvalue weighted by atomic mass is 16.3. The molecule has 7 nitrogen and oxygen atoms in total. The van der Waals surface area contributed by atoms with Crippen molar-refractivity contribution in [2.75, 3.05) is 31.1 Å². The van der Waals surface area contributed by atoms with Crippen LogP contribution in [-0.4, -0.2) is 51.3 Å². The summed E-state index contributed by atoms with van der Waals surface area (Å²) in [5, 5.41) is 12.7. The minimum absolute atomic E-state index is 0.0107. The lowest BCUT2D eigenvalue weighted by Gasteiger charge is -2.39. The zero-order chi connectivity index (χ0) is 21.0. The zero-order valence-electron chi connectivity index (χ0n) is 17.6. The minimum Gasteiger partial charge on any atom is -0.467 e. The topological polar surface area (TPSA) is 63.2 Å². The van der Waals surface area contributed by atoms with Gasteiger partial charge >= 0.3 is 0 Å². The van der Waals surface area contributed by atoms with Gasteiger partial charge < -0.3 is 9.32 Å². The van der Waals surface area contributed by atoms with Crippen LogP contribution in [0.5, 0.6) is 0 Å². The van der Waals surface area contributed by atoms with Crippen LogP contribution >= 0.6 is 0 Å². The molecular formula is C24H26N6O. The number of aryl methyl sites for hydroxylation is 1. The molecule has 0 aliphatic carbocycles. The molecule has 31 heavy (non-hydrogen) atoms. The zero-order valence-corrected chi connectivity index (χ0v) is 17.6. The highest BCUT2D eigenvalue weighted by molar-refractivity contribution is 5.46. The molecule has 2 aromatic heterocycles. The average molecular weight is 415 g/mol. The Labute approximate surface area is 181 Å². The molecule has 1 aliphatic rings. The summed E-state index contributed by atoms with van der Waals surface area (Å²) in [6, 6.07) is 23.1. The Hall–Kier alpha value is -3.45. The number of anilines is 1. The van der Waals surface area contributed by atoms with Crippen molar-refractivity contribution < 1.29 is 4.42 Å². The number of rotatable bonds is 6. The number of piperazine rings is 1. The summed E-state index contributed by atoms with van der Waals surface area (Å²) >= 11 is 0. The lowest BCUT2D eigenvalue weighted by molar-refractivity contribution is 0.201. The van der Waals surface area contributed by atoms with Crippen molar-refractivity contribution in [3.8, 4) is 0 Å². The fourth-order valence-corrected chi connectivity index (χ4v) is 4.22. The van der Waals surface area contributed by atoms with E-state index in [1.807, 2.05) is 16.8 Å². The third-order valence-corrected chi connectivity index (χ3v) is 5.88. The molecule has 1 atom stereocenters. The van der Waals surface area contributed by atoms with Gasteiger partial charge in [-0.05, 0) is 47.2 Å². The van der Waals surface area contributed by atoms with Crippen molar-refractivity contribution in [3.63, 3.8) is 0 Å². The van der Waals surface area contributed by atoms with Gasteiger partial charge in [0.2, 0.25) is 0 Å². The average Bonchev–Trinajstić information content (AvgIpc) is 3.49. The highest BCUT2D eigenvalue weighted by Crippen LogP contribution is 2.29. The second-order valence-electron chi connectivity index (χ2n) is 7.95. The molecule has 0 bridgehead atoms. The molecule has 1 unspecified atom stereocenters. The van der Waals surface area contributed by atoms with E-state index in [0.29, 0.717) is 6.54 Å². The van der Waals surface area contributed by atoms with E-state index in [1.54, 1.807) is 6.26 Å². The van der Waals surface area contributed by atoms with E-state index in [4.69, 9.17) is 4.42 Å². The van der Waals surface area contributed by atoms with Crippen LogP contribution in [0, 0.1) is 6.92 Å². The number of tetrazole rings is 1. The van der Waals surface area contributed by atoms with E-state index < -0.39 is 0 Å². The molecule has 0 amide bonds. The maximum atomic E-state index is 5.53. The first-order valence-electron chi connectivity index (χ1n) is 10.7. The molecule has 2 aromatic carbocycles. The summed E-state index contributed by atoms with van der Waals surface area (Å²) in [4.78, 5) is 4.92. The molecule has 0 radical (unpaired) electrons. The quantitative estimate of drug-likeness (QED) is 0.481. The number of furan rings is 1. The van der Waals surface area contributed by atoms with Crippen molar-refractivity contribution in [3.05, 3.63) is 95.7 Å². The summed E-state index contributed by atoms with van der Waals surface area (Å²) in [6.45, 7) is 6.42. The van der Waals surface area contributed by atoms with Crippen molar-refractivity contribution in [2.24, 2.45) is 0 Å². The van der Waals surface area contributed by atoms with Crippen LogP contribution in [0.3, 0.4) is 0 Å². The van der Waals surface area contributed by atoms with Gasteiger partial charge in [-0.25, -0.2) is 4.68 Å². The van der Waals surface area contributed by atoms with E-state index >= 15 is 0 Å². The molecular weight excluding hydrogens is 388 g/mol. The van der Waals surface area contributed by atoms with E-state index in [2.05, 4.69) is 86.8 Å². The van der Waals surface area contributed by atoms with E-state index in [0.717, 1.165) is 37.8 Å². The number of nitrogens with zero attached hydrogens (tertiary/aromatic N) is 6. The van der Waals surface area contributed by atoms with Crippen LogP contribution in [0.25, 0.3) is 0 Å². The van der Waals surface area contributed by atoms with Crippen molar-refractivity contribution in [2.45, 2.75) is 19.5 Å². The maximum absolute atomic E-state index is 5.53. The predicted molar refractivity (Wildman–Crippen MR) is 119 cm³/mol. The van der Waals surface area contributed by atoms with Gasteiger partial charge in [0.1, 0.15) is 12.3 Å². The lowest BCUT2D eigenvalue weighted by Crippen LogP contribution is -2.48. The Bertz CT molecular complexity index is 1080. The Balaban J connectivity index is 1.43. The smallest absolute Gasteiger partial charge is 0.173 e. The second-order valence-corrected chi connectivity index (χ2v) is 7.95. The minimum atomic E-state index is -0.0107. The normalized spacial score (nSPS) is 15.8. The summed E-state index contributed by atoms with van der Waals surface area (Å²) < 4.78 is 7.39. The fraction of sp³-hybridized carbons (Fsp3) is 0.292. The Morgan fingerprint density at radius 3 is 2.39 bits per heavy atom. The van der Waals surface area contributed by atoms with E-state index in [-0.39, 0.29) is 6.04 Å². The maximum Gasteiger partial charge on any atom is 0.173 e.